The van der Waals surface area contributed by atoms with Crippen molar-refractivity contribution < 1.29 is 4.79 Å². The molecule has 0 spiro atoms. The topological polar surface area (TPSA) is 87.7 Å². The molecule has 4 rings (SSSR count). The number of carbonyl (C=O) groups excluding carboxylic acids is 1. The van der Waals surface area contributed by atoms with Crippen LogP contribution in [0.4, 0.5) is 0 Å². The Hall–Kier alpha value is -2.54. The van der Waals surface area contributed by atoms with Crippen LogP contribution in [0.25, 0.3) is 11.0 Å². The fraction of sp³-hybridized carbons (Fsp3) is 0.294. The van der Waals surface area contributed by atoms with Gasteiger partial charge in [0.2, 0.25) is 0 Å². The molecule has 1 amide bonds. The lowest BCUT2D eigenvalue weighted by molar-refractivity contribution is 0.0925. The van der Waals surface area contributed by atoms with Crippen molar-refractivity contribution in [2.75, 3.05) is 0 Å². The SMILES string of the molecule is Cc1nc2c(s1)CCCC2NC(=O)c1nc2ccccc2[nH]c1=O. The Labute approximate surface area is 142 Å². The molecular formula is C17H16N4O2S. The standard InChI is InChI=1S/C17H16N4O2S/c1-9-18-14-12(7-4-8-13(14)24-9)21-17(23)15-16(22)20-11-6-3-2-5-10(11)19-15/h2-3,5-6,12H,4,7-8H2,1H3,(H,20,22)(H,21,23). The van der Waals surface area contributed by atoms with E-state index in [1.807, 2.05) is 19.1 Å². The van der Waals surface area contributed by atoms with Crippen LogP contribution in [0.15, 0.2) is 29.1 Å². The molecule has 1 aromatic carbocycles. The summed E-state index contributed by atoms with van der Waals surface area (Å²) in [4.78, 5) is 37.5. The third-order valence-electron chi connectivity index (χ3n) is 4.18. The number of thiazole rings is 1. The van der Waals surface area contributed by atoms with Gasteiger partial charge in [0.25, 0.3) is 11.5 Å². The number of nitrogens with one attached hydrogen (secondary N) is 2. The first-order valence-corrected chi connectivity index (χ1v) is 8.69. The van der Waals surface area contributed by atoms with Crippen LogP contribution in [0.1, 0.15) is 45.0 Å². The minimum absolute atomic E-state index is 0.104. The molecule has 0 aliphatic heterocycles. The van der Waals surface area contributed by atoms with Crippen molar-refractivity contribution in [3.8, 4) is 0 Å². The van der Waals surface area contributed by atoms with Crippen LogP contribution in [0, 0.1) is 6.92 Å². The van der Waals surface area contributed by atoms with E-state index in [4.69, 9.17) is 0 Å². The Bertz CT molecular complexity index is 992. The summed E-state index contributed by atoms with van der Waals surface area (Å²) >= 11 is 1.68. The van der Waals surface area contributed by atoms with Crippen molar-refractivity contribution in [1.29, 1.82) is 0 Å². The third-order valence-corrected chi connectivity index (χ3v) is 5.23. The Morgan fingerprint density at radius 1 is 1.33 bits per heavy atom. The quantitative estimate of drug-likeness (QED) is 0.750. The Balaban J connectivity index is 1.66. The van der Waals surface area contributed by atoms with E-state index in [9.17, 15) is 9.59 Å². The molecular weight excluding hydrogens is 324 g/mol. The first-order valence-electron chi connectivity index (χ1n) is 7.88. The molecule has 0 saturated carbocycles. The predicted octanol–water partition coefficient (Wildman–Crippen LogP) is 2.50. The number of aryl methyl sites for hydroxylation is 2. The van der Waals surface area contributed by atoms with Crippen LogP contribution in [0.5, 0.6) is 0 Å². The van der Waals surface area contributed by atoms with Crippen molar-refractivity contribution in [3.05, 3.63) is 55.9 Å². The van der Waals surface area contributed by atoms with E-state index >= 15 is 0 Å². The maximum atomic E-state index is 12.6. The molecule has 1 atom stereocenters. The Kier molecular flexibility index (Phi) is 3.65. The number of rotatable bonds is 2. The number of benzene rings is 1. The number of para-hydroxylation sites is 2. The van der Waals surface area contributed by atoms with Gasteiger partial charge in [-0.05, 0) is 38.3 Å². The second-order valence-electron chi connectivity index (χ2n) is 5.89. The summed E-state index contributed by atoms with van der Waals surface area (Å²) in [5, 5.41) is 3.94. The zero-order valence-electron chi connectivity index (χ0n) is 13.1. The first kappa shape index (κ1) is 15.0. The van der Waals surface area contributed by atoms with Gasteiger partial charge in [-0.3, -0.25) is 9.59 Å². The number of aromatic nitrogens is 3. The van der Waals surface area contributed by atoms with Crippen molar-refractivity contribution in [3.63, 3.8) is 0 Å². The Morgan fingerprint density at radius 3 is 3.04 bits per heavy atom. The van der Waals surface area contributed by atoms with Gasteiger partial charge in [0, 0.05) is 4.88 Å². The average molecular weight is 340 g/mol. The highest BCUT2D eigenvalue weighted by Crippen LogP contribution is 2.33. The van der Waals surface area contributed by atoms with Crippen molar-refractivity contribution in [2.24, 2.45) is 0 Å². The molecule has 1 unspecified atom stereocenters. The predicted molar refractivity (Wildman–Crippen MR) is 92.4 cm³/mol. The normalized spacial score (nSPS) is 16.8. The summed E-state index contributed by atoms with van der Waals surface area (Å²) in [7, 11) is 0. The van der Waals surface area contributed by atoms with Crippen molar-refractivity contribution in [2.45, 2.75) is 32.2 Å². The van der Waals surface area contributed by atoms with Gasteiger partial charge >= 0.3 is 0 Å². The van der Waals surface area contributed by atoms with Gasteiger partial charge in [0.05, 0.1) is 27.8 Å². The molecule has 2 aromatic heterocycles. The molecule has 122 valence electrons. The summed E-state index contributed by atoms with van der Waals surface area (Å²) < 4.78 is 0. The van der Waals surface area contributed by atoms with Crippen LogP contribution in [-0.4, -0.2) is 20.9 Å². The fourth-order valence-electron chi connectivity index (χ4n) is 3.09. The minimum atomic E-state index is -0.475. The number of hydrogen-bond acceptors (Lipinski definition) is 5. The lowest BCUT2D eigenvalue weighted by Gasteiger charge is -2.22. The van der Waals surface area contributed by atoms with Gasteiger partial charge in [0.15, 0.2) is 5.69 Å². The summed E-state index contributed by atoms with van der Waals surface area (Å²) in [6.07, 6.45) is 2.83. The summed E-state index contributed by atoms with van der Waals surface area (Å²) in [5.74, 6) is -0.453. The largest absolute Gasteiger partial charge is 0.342 e. The summed E-state index contributed by atoms with van der Waals surface area (Å²) in [6.45, 7) is 1.97. The molecule has 3 aromatic rings. The van der Waals surface area contributed by atoms with Gasteiger partial charge in [-0.1, -0.05) is 12.1 Å². The number of amides is 1. The first-order chi connectivity index (χ1) is 11.6. The zero-order chi connectivity index (χ0) is 16.7. The molecule has 0 bridgehead atoms. The molecule has 1 aliphatic carbocycles. The van der Waals surface area contributed by atoms with E-state index < -0.39 is 11.5 Å². The molecule has 0 saturated heterocycles. The van der Waals surface area contributed by atoms with Crippen LogP contribution < -0.4 is 10.9 Å². The fourth-order valence-corrected chi connectivity index (χ4v) is 4.13. The van der Waals surface area contributed by atoms with Crippen LogP contribution in [-0.2, 0) is 6.42 Å². The van der Waals surface area contributed by atoms with E-state index in [0.29, 0.717) is 11.0 Å². The number of nitrogens with zero attached hydrogens (tertiary/aromatic N) is 2. The van der Waals surface area contributed by atoms with Gasteiger partial charge in [-0.15, -0.1) is 11.3 Å². The highest BCUT2D eigenvalue weighted by Gasteiger charge is 2.27. The van der Waals surface area contributed by atoms with Crippen LogP contribution >= 0.6 is 11.3 Å². The van der Waals surface area contributed by atoms with Gasteiger partial charge < -0.3 is 10.3 Å². The monoisotopic (exact) mass is 340 g/mol. The van der Waals surface area contributed by atoms with Gasteiger partial charge in [-0.2, -0.15) is 0 Å². The van der Waals surface area contributed by atoms with Crippen LogP contribution in [0.2, 0.25) is 0 Å². The summed E-state index contributed by atoms with van der Waals surface area (Å²) in [6, 6.07) is 7.01. The number of carbonyl (C=O) groups is 1. The number of hydrogen-bond donors (Lipinski definition) is 2. The number of fused-ring (bicyclic) bond motifs is 2. The van der Waals surface area contributed by atoms with E-state index in [0.717, 1.165) is 30.0 Å². The zero-order valence-corrected chi connectivity index (χ0v) is 13.9. The third kappa shape index (κ3) is 2.60. The van der Waals surface area contributed by atoms with E-state index in [1.54, 1.807) is 23.5 Å². The Morgan fingerprint density at radius 2 is 2.17 bits per heavy atom. The molecule has 7 heteroatoms. The highest BCUT2D eigenvalue weighted by atomic mass is 32.1. The lowest BCUT2D eigenvalue weighted by Crippen LogP contribution is -2.35. The average Bonchev–Trinajstić information content (AvgIpc) is 2.95. The summed E-state index contributed by atoms with van der Waals surface area (Å²) in [5.41, 5.74) is 1.57. The molecule has 1 aliphatic rings. The van der Waals surface area contributed by atoms with Crippen LogP contribution in [0.3, 0.4) is 0 Å². The van der Waals surface area contributed by atoms with Crippen molar-refractivity contribution >= 4 is 28.3 Å². The number of H-pyrrole nitrogens is 1. The molecule has 6 nitrogen and oxygen atoms in total. The van der Waals surface area contributed by atoms with E-state index in [1.165, 1.54) is 4.88 Å². The van der Waals surface area contributed by atoms with Gasteiger partial charge in [0.1, 0.15) is 0 Å². The molecule has 24 heavy (non-hydrogen) atoms. The van der Waals surface area contributed by atoms with Gasteiger partial charge in [-0.25, -0.2) is 9.97 Å². The second-order valence-corrected chi connectivity index (χ2v) is 7.18. The maximum absolute atomic E-state index is 12.6. The van der Waals surface area contributed by atoms with E-state index in [2.05, 4.69) is 20.3 Å². The van der Waals surface area contributed by atoms with E-state index in [-0.39, 0.29) is 11.7 Å². The van der Waals surface area contributed by atoms with Crippen molar-refractivity contribution in [1.82, 2.24) is 20.3 Å². The molecule has 2 N–H and O–H groups in total. The molecule has 0 fully saturated rings. The highest BCUT2D eigenvalue weighted by molar-refractivity contribution is 7.11. The maximum Gasteiger partial charge on any atom is 0.280 e. The number of aromatic amines is 1. The second kappa shape index (κ2) is 5.83. The molecule has 2 heterocycles. The molecule has 0 radical (unpaired) electrons. The minimum Gasteiger partial charge on any atom is -0.342 e. The smallest absolute Gasteiger partial charge is 0.280 e. The lowest BCUT2D eigenvalue weighted by atomic mass is 9.97.